The molecule has 5 rings (SSSR count). The lowest BCUT2D eigenvalue weighted by molar-refractivity contribution is -0.206. The van der Waals surface area contributed by atoms with Crippen molar-refractivity contribution in [2.75, 3.05) is 26.4 Å². The lowest BCUT2D eigenvalue weighted by Crippen LogP contribution is -2.27. The van der Waals surface area contributed by atoms with E-state index in [1.165, 1.54) is 24.3 Å². The Morgan fingerprint density at radius 1 is 0.745 bits per heavy atom. The lowest BCUT2D eigenvalue weighted by atomic mass is 9.99. The molecule has 0 amide bonds. The monoisotopic (exact) mass is 726 g/mol. The highest BCUT2D eigenvalue weighted by Crippen LogP contribution is 2.38. The molecule has 272 valence electrons. The second-order valence-corrected chi connectivity index (χ2v) is 11.5. The molecule has 4 aromatic rings. The van der Waals surface area contributed by atoms with Crippen molar-refractivity contribution in [3.05, 3.63) is 120 Å². The van der Waals surface area contributed by atoms with Gasteiger partial charge in [-0.25, -0.2) is 17.6 Å². The number of ether oxygens (including phenoxy) is 5. The predicted molar refractivity (Wildman–Crippen MR) is 168 cm³/mol. The Bertz CT molecular complexity index is 1800. The molecule has 0 atom stereocenters. The summed E-state index contributed by atoms with van der Waals surface area (Å²) in [4.78, 5) is 0. The third-order valence-electron chi connectivity index (χ3n) is 7.79. The third-order valence-corrected chi connectivity index (χ3v) is 7.79. The lowest BCUT2D eigenvalue weighted by Gasteiger charge is -2.30. The Morgan fingerprint density at radius 3 is 2.00 bits per heavy atom. The minimum Gasteiger partial charge on any atom is -0.465 e. The number of allylic oxidation sites excluding steroid dienone is 1. The molecule has 0 saturated carbocycles. The summed E-state index contributed by atoms with van der Waals surface area (Å²) < 4.78 is 153. The maximum absolute atomic E-state index is 15.2. The molecular formula is C37H31F9O5. The Labute approximate surface area is 287 Å². The SMILES string of the molecule is CCOCCCC1COC(c2cc(F)c(-c3ccc(C(F)(F)Oc4ccc(-c5ccc(O/C=C/C(F)(F)F)cc5)c(F)c4)c(F)c3)c(F)c2)OC1. The molecule has 0 aliphatic carbocycles. The first-order valence-corrected chi connectivity index (χ1v) is 15.7. The highest BCUT2D eigenvalue weighted by Gasteiger charge is 2.38. The van der Waals surface area contributed by atoms with Gasteiger partial charge in [0.25, 0.3) is 0 Å². The van der Waals surface area contributed by atoms with Gasteiger partial charge in [-0.05, 0) is 79.4 Å². The van der Waals surface area contributed by atoms with E-state index in [0.717, 1.165) is 43.2 Å². The zero-order valence-corrected chi connectivity index (χ0v) is 26.9. The van der Waals surface area contributed by atoms with Gasteiger partial charge >= 0.3 is 12.3 Å². The van der Waals surface area contributed by atoms with Crippen LogP contribution in [0.4, 0.5) is 39.5 Å². The van der Waals surface area contributed by atoms with Crippen molar-refractivity contribution < 1.29 is 63.2 Å². The summed E-state index contributed by atoms with van der Waals surface area (Å²) >= 11 is 0. The number of halogens is 9. The van der Waals surface area contributed by atoms with E-state index in [9.17, 15) is 17.6 Å². The molecule has 0 N–H and O–H groups in total. The van der Waals surface area contributed by atoms with Gasteiger partial charge in [0.05, 0.1) is 36.7 Å². The minimum atomic E-state index is -4.57. The van der Waals surface area contributed by atoms with Gasteiger partial charge in [0.2, 0.25) is 0 Å². The van der Waals surface area contributed by atoms with Crippen LogP contribution in [0.2, 0.25) is 0 Å². The highest BCUT2D eigenvalue weighted by atomic mass is 19.4. The Hall–Kier alpha value is -4.53. The van der Waals surface area contributed by atoms with Crippen molar-refractivity contribution in [2.45, 2.75) is 38.3 Å². The Kier molecular flexibility index (Phi) is 12.0. The average Bonchev–Trinajstić information content (AvgIpc) is 3.06. The van der Waals surface area contributed by atoms with Crippen molar-refractivity contribution in [3.8, 4) is 33.8 Å². The maximum Gasteiger partial charge on any atom is 0.429 e. The fraction of sp³-hybridized carbons (Fsp3) is 0.297. The highest BCUT2D eigenvalue weighted by molar-refractivity contribution is 5.67. The first kappa shape index (κ1) is 37.7. The molecule has 0 bridgehead atoms. The number of hydrogen-bond donors (Lipinski definition) is 0. The second kappa shape index (κ2) is 16.2. The van der Waals surface area contributed by atoms with Crippen molar-refractivity contribution >= 4 is 0 Å². The summed E-state index contributed by atoms with van der Waals surface area (Å²) in [5.74, 6) is -5.29. The number of alkyl halides is 5. The van der Waals surface area contributed by atoms with Crippen LogP contribution in [0.25, 0.3) is 22.3 Å². The summed E-state index contributed by atoms with van der Waals surface area (Å²) in [6.07, 6.45) is -8.01. The maximum atomic E-state index is 15.2. The van der Waals surface area contributed by atoms with Gasteiger partial charge < -0.3 is 23.7 Å². The zero-order chi connectivity index (χ0) is 36.8. The fourth-order valence-electron chi connectivity index (χ4n) is 5.33. The topological polar surface area (TPSA) is 46.2 Å². The molecule has 1 aliphatic heterocycles. The molecule has 1 aliphatic rings. The first-order chi connectivity index (χ1) is 24.2. The van der Waals surface area contributed by atoms with E-state index in [4.69, 9.17) is 18.9 Å². The number of benzene rings is 4. The summed E-state index contributed by atoms with van der Waals surface area (Å²) in [6, 6.07) is 11.9. The van der Waals surface area contributed by atoms with E-state index in [2.05, 4.69) is 4.74 Å². The molecule has 4 aromatic carbocycles. The molecule has 1 saturated heterocycles. The van der Waals surface area contributed by atoms with Gasteiger partial charge in [-0.3, -0.25) is 0 Å². The number of hydrogen-bond acceptors (Lipinski definition) is 5. The van der Waals surface area contributed by atoms with Gasteiger partial charge in [-0.15, -0.1) is 0 Å². The summed E-state index contributed by atoms with van der Waals surface area (Å²) in [5, 5.41) is 0. The van der Waals surface area contributed by atoms with Crippen LogP contribution in [-0.2, 0) is 20.3 Å². The summed E-state index contributed by atoms with van der Waals surface area (Å²) in [6.45, 7) is 3.73. The normalized spacial score (nSPS) is 16.8. The summed E-state index contributed by atoms with van der Waals surface area (Å²) in [5.41, 5.74) is -2.07. The summed E-state index contributed by atoms with van der Waals surface area (Å²) in [7, 11) is 0. The van der Waals surface area contributed by atoms with Crippen LogP contribution in [0.3, 0.4) is 0 Å². The molecule has 51 heavy (non-hydrogen) atoms. The molecule has 1 fully saturated rings. The molecule has 0 aromatic heterocycles. The first-order valence-electron chi connectivity index (χ1n) is 15.7. The molecule has 14 heteroatoms. The molecule has 1 heterocycles. The Balaban J connectivity index is 1.24. The predicted octanol–water partition coefficient (Wildman–Crippen LogP) is 10.6. The second-order valence-electron chi connectivity index (χ2n) is 11.5. The van der Waals surface area contributed by atoms with Gasteiger partial charge in [0.1, 0.15) is 34.8 Å². The van der Waals surface area contributed by atoms with Crippen molar-refractivity contribution in [2.24, 2.45) is 5.92 Å². The van der Waals surface area contributed by atoms with Crippen molar-refractivity contribution in [1.82, 2.24) is 0 Å². The zero-order valence-electron chi connectivity index (χ0n) is 26.9. The molecule has 0 unspecified atom stereocenters. The largest absolute Gasteiger partial charge is 0.465 e. The van der Waals surface area contributed by atoms with Crippen molar-refractivity contribution in [1.29, 1.82) is 0 Å². The Morgan fingerprint density at radius 2 is 1.39 bits per heavy atom. The van der Waals surface area contributed by atoms with Crippen LogP contribution in [0, 0.1) is 29.2 Å². The molecule has 0 radical (unpaired) electrons. The third kappa shape index (κ3) is 9.83. The van der Waals surface area contributed by atoms with Crippen LogP contribution in [0.5, 0.6) is 11.5 Å². The van der Waals surface area contributed by atoms with Gasteiger partial charge in [-0.1, -0.05) is 18.2 Å². The minimum absolute atomic E-state index is 0.0246. The van der Waals surface area contributed by atoms with Crippen LogP contribution in [0.15, 0.2) is 85.1 Å². The van der Waals surface area contributed by atoms with E-state index < -0.39 is 58.7 Å². The molecule has 5 nitrogen and oxygen atoms in total. The molecular weight excluding hydrogens is 695 g/mol. The van der Waals surface area contributed by atoms with Crippen LogP contribution in [0.1, 0.15) is 37.2 Å². The van der Waals surface area contributed by atoms with Crippen LogP contribution >= 0.6 is 0 Å². The van der Waals surface area contributed by atoms with Crippen LogP contribution in [-0.4, -0.2) is 32.6 Å². The van der Waals surface area contributed by atoms with E-state index in [1.807, 2.05) is 6.92 Å². The molecule has 0 spiro atoms. The fourth-order valence-corrected chi connectivity index (χ4v) is 5.33. The quantitative estimate of drug-likeness (QED) is 0.0780. The average molecular weight is 727 g/mol. The number of rotatable bonds is 13. The van der Waals surface area contributed by atoms with E-state index in [1.54, 1.807) is 0 Å². The van der Waals surface area contributed by atoms with Crippen LogP contribution < -0.4 is 9.47 Å². The van der Waals surface area contributed by atoms with E-state index in [0.29, 0.717) is 50.9 Å². The van der Waals surface area contributed by atoms with Gasteiger partial charge in [0.15, 0.2) is 6.29 Å². The van der Waals surface area contributed by atoms with E-state index in [-0.39, 0.29) is 40.0 Å². The van der Waals surface area contributed by atoms with E-state index >= 15 is 22.0 Å². The smallest absolute Gasteiger partial charge is 0.429 e. The van der Waals surface area contributed by atoms with Crippen molar-refractivity contribution in [3.63, 3.8) is 0 Å². The standard InChI is InChI=1S/C37H31F9O5/c1-2-47-14-3-4-22-20-49-35(50-21-22)25-17-32(40)34(33(41)18-25)24-7-12-29(31(39)16-24)37(45,46)51-27-10-11-28(30(38)19-27)23-5-8-26(9-6-23)48-15-13-36(42,43)44/h5-13,15-19,22,35H,2-4,14,20-21H2,1H3/b15-13+. The van der Waals surface area contributed by atoms with Gasteiger partial charge in [-0.2, -0.15) is 22.0 Å². The van der Waals surface area contributed by atoms with Gasteiger partial charge in [0, 0.05) is 36.3 Å².